The third kappa shape index (κ3) is 4.36. The molecule has 2 amide bonds. The molecule has 2 aromatic rings. The predicted octanol–water partition coefficient (Wildman–Crippen LogP) is 1.30. The van der Waals surface area contributed by atoms with Crippen molar-refractivity contribution in [2.24, 2.45) is 5.92 Å². The normalized spacial score (nSPS) is 24.2. The summed E-state index contributed by atoms with van der Waals surface area (Å²) in [7, 11) is 0. The van der Waals surface area contributed by atoms with Crippen LogP contribution in [-0.4, -0.2) is 52.2 Å². The van der Waals surface area contributed by atoms with E-state index < -0.39 is 0 Å². The third-order valence-electron chi connectivity index (χ3n) is 4.99. The summed E-state index contributed by atoms with van der Waals surface area (Å²) < 4.78 is 11.0. The summed E-state index contributed by atoms with van der Waals surface area (Å²) in [6.45, 7) is 3.50. The molecule has 27 heavy (non-hydrogen) atoms. The molecule has 0 spiro atoms. The quantitative estimate of drug-likeness (QED) is 0.799. The number of carbonyl (C=O) groups excluding carboxylic acids is 2. The minimum absolute atomic E-state index is 0.00747. The molecule has 0 bridgehead atoms. The van der Waals surface area contributed by atoms with E-state index in [1.54, 1.807) is 23.2 Å². The Labute approximate surface area is 160 Å². The van der Waals surface area contributed by atoms with Crippen molar-refractivity contribution in [1.82, 2.24) is 20.4 Å². The first-order valence-corrected chi connectivity index (χ1v) is 9.96. The molecule has 4 rings (SSSR count). The molecule has 4 heterocycles. The monoisotopic (exact) mass is 390 g/mol. The Hall–Kier alpha value is -2.26. The van der Waals surface area contributed by atoms with Gasteiger partial charge in [0, 0.05) is 23.9 Å². The van der Waals surface area contributed by atoms with Crippen LogP contribution in [0.15, 0.2) is 22.0 Å². The Morgan fingerprint density at radius 1 is 1.41 bits per heavy atom. The van der Waals surface area contributed by atoms with Crippen LogP contribution in [0.5, 0.6) is 0 Å². The van der Waals surface area contributed by atoms with Gasteiger partial charge in [-0.05, 0) is 24.8 Å². The van der Waals surface area contributed by atoms with Crippen molar-refractivity contribution in [3.63, 3.8) is 0 Å². The summed E-state index contributed by atoms with van der Waals surface area (Å²) in [5.74, 6) is 1.14. The number of nitrogens with one attached hydrogen (secondary N) is 1. The van der Waals surface area contributed by atoms with E-state index in [0.29, 0.717) is 37.8 Å². The molecule has 0 unspecified atom stereocenters. The lowest BCUT2D eigenvalue weighted by Gasteiger charge is -2.18. The number of aromatic nitrogens is 2. The van der Waals surface area contributed by atoms with E-state index in [0.717, 1.165) is 11.3 Å². The summed E-state index contributed by atoms with van der Waals surface area (Å²) in [4.78, 5) is 31.5. The maximum Gasteiger partial charge on any atom is 0.236 e. The molecule has 2 aliphatic heterocycles. The Morgan fingerprint density at radius 2 is 2.30 bits per heavy atom. The van der Waals surface area contributed by atoms with Crippen LogP contribution in [0.2, 0.25) is 0 Å². The number of hydrogen-bond acceptors (Lipinski definition) is 7. The minimum atomic E-state index is -0.0702. The Kier molecular flexibility index (Phi) is 5.22. The van der Waals surface area contributed by atoms with E-state index in [1.165, 1.54) is 0 Å². The number of ether oxygens (including phenoxy) is 1. The summed E-state index contributed by atoms with van der Waals surface area (Å²) >= 11 is 1.63. The van der Waals surface area contributed by atoms with Gasteiger partial charge in [0.25, 0.3) is 0 Å². The van der Waals surface area contributed by atoms with Crippen LogP contribution in [0.3, 0.4) is 0 Å². The Morgan fingerprint density at radius 3 is 3.00 bits per heavy atom. The van der Waals surface area contributed by atoms with E-state index in [4.69, 9.17) is 9.26 Å². The van der Waals surface area contributed by atoms with Crippen molar-refractivity contribution >= 4 is 23.2 Å². The highest BCUT2D eigenvalue weighted by Crippen LogP contribution is 2.34. The first-order valence-electron chi connectivity index (χ1n) is 9.08. The van der Waals surface area contributed by atoms with Gasteiger partial charge in [-0.1, -0.05) is 11.2 Å². The van der Waals surface area contributed by atoms with Crippen molar-refractivity contribution in [3.8, 4) is 0 Å². The molecule has 9 heteroatoms. The lowest BCUT2D eigenvalue weighted by molar-refractivity contribution is -0.131. The zero-order valence-electron chi connectivity index (χ0n) is 15.1. The predicted molar refractivity (Wildman–Crippen MR) is 96.9 cm³/mol. The van der Waals surface area contributed by atoms with Crippen molar-refractivity contribution in [2.45, 2.75) is 44.9 Å². The zero-order valence-corrected chi connectivity index (χ0v) is 15.9. The molecule has 0 radical (unpaired) electrons. The molecule has 0 saturated carbocycles. The summed E-state index contributed by atoms with van der Waals surface area (Å²) in [5, 5.41) is 8.64. The number of amides is 2. The fourth-order valence-corrected chi connectivity index (χ4v) is 4.37. The first kappa shape index (κ1) is 18.1. The van der Waals surface area contributed by atoms with Crippen LogP contribution >= 0.6 is 11.3 Å². The molecule has 2 saturated heterocycles. The van der Waals surface area contributed by atoms with Crippen LogP contribution in [0.1, 0.15) is 29.4 Å². The smallest absolute Gasteiger partial charge is 0.236 e. The molecular weight excluding hydrogens is 368 g/mol. The van der Waals surface area contributed by atoms with Crippen LogP contribution in [-0.2, 0) is 27.3 Å². The average Bonchev–Trinajstić information content (AvgIpc) is 3.37. The highest BCUT2D eigenvalue weighted by molar-refractivity contribution is 7.09. The maximum atomic E-state index is 12.4. The third-order valence-corrected chi connectivity index (χ3v) is 5.87. The molecule has 2 fully saturated rings. The summed E-state index contributed by atoms with van der Waals surface area (Å²) in [6.07, 6.45) is 1.23. The first-order chi connectivity index (χ1) is 13.1. The average molecular weight is 390 g/mol. The van der Waals surface area contributed by atoms with Crippen molar-refractivity contribution in [3.05, 3.63) is 34.1 Å². The molecule has 2 aromatic heterocycles. The highest BCUT2D eigenvalue weighted by atomic mass is 32.1. The minimum Gasteiger partial charge on any atom is -0.372 e. The van der Waals surface area contributed by atoms with Gasteiger partial charge in [0.15, 0.2) is 5.82 Å². The number of thiophene rings is 1. The van der Waals surface area contributed by atoms with Gasteiger partial charge in [0.2, 0.25) is 17.7 Å². The van der Waals surface area contributed by atoms with Crippen LogP contribution in [0.25, 0.3) is 0 Å². The van der Waals surface area contributed by atoms with E-state index in [2.05, 4.69) is 15.5 Å². The molecule has 2 aliphatic rings. The second-order valence-electron chi connectivity index (χ2n) is 7.06. The highest BCUT2D eigenvalue weighted by Gasteiger charge is 2.43. The maximum absolute atomic E-state index is 12.4. The molecule has 0 aliphatic carbocycles. The zero-order chi connectivity index (χ0) is 18.8. The number of likely N-dealkylation sites (tertiary alicyclic amines) is 1. The van der Waals surface area contributed by atoms with E-state index in [1.807, 2.05) is 17.5 Å². The SMILES string of the molecule is Cc1noc(CC(=O)N2C[C@@H]3C[C@@H](CC(=O)NCc4cccs4)O[C@@H]3C2)n1. The van der Waals surface area contributed by atoms with Gasteiger partial charge in [0.05, 0.1) is 25.2 Å². The van der Waals surface area contributed by atoms with Gasteiger partial charge in [-0.3, -0.25) is 9.59 Å². The summed E-state index contributed by atoms with van der Waals surface area (Å²) in [6, 6.07) is 3.97. The lowest BCUT2D eigenvalue weighted by atomic mass is 10.0. The number of fused-ring (bicyclic) bond motifs is 1. The molecule has 0 aromatic carbocycles. The second-order valence-corrected chi connectivity index (χ2v) is 8.10. The number of hydrogen-bond donors (Lipinski definition) is 1. The van der Waals surface area contributed by atoms with Crippen molar-refractivity contribution in [1.29, 1.82) is 0 Å². The molecule has 144 valence electrons. The lowest BCUT2D eigenvalue weighted by Crippen LogP contribution is -2.33. The number of rotatable bonds is 6. The van der Waals surface area contributed by atoms with Gasteiger partial charge in [-0.2, -0.15) is 4.98 Å². The molecular formula is C18H22N4O4S. The molecule has 3 atom stereocenters. The van der Waals surface area contributed by atoms with Gasteiger partial charge in [-0.15, -0.1) is 11.3 Å². The molecule has 1 N–H and O–H groups in total. The fraction of sp³-hybridized carbons (Fsp3) is 0.556. The van der Waals surface area contributed by atoms with E-state index in [-0.39, 0.29) is 36.4 Å². The van der Waals surface area contributed by atoms with Gasteiger partial charge < -0.3 is 19.5 Å². The second kappa shape index (κ2) is 7.77. The largest absolute Gasteiger partial charge is 0.372 e. The van der Waals surface area contributed by atoms with Crippen LogP contribution in [0, 0.1) is 12.8 Å². The topological polar surface area (TPSA) is 97.6 Å². The van der Waals surface area contributed by atoms with Crippen LogP contribution < -0.4 is 5.32 Å². The standard InChI is InChI=1S/C18H22N4O4S/c1-11-20-17(26-21-11)7-18(24)22-9-12-5-13(25-15(12)10-22)6-16(23)19-8-14-3-2-4-27-14/h2-4,12-13,15H,5-10H2,1H3,(H,19,23)/t12-,13-,15+/m0/s1. The fourth-order valence-electron chi connectivity index (χ4n) is 3.73. The summed E-state index contributed by atoms with van der Waals surface area (Å²) in [5.41, 5.74) is 0. The van der Waals surface area contributed by atoms with Gasteiger partial charge in [-0.25, -0.2) is 0 Å². The van der Waals surface area contributed by atoms with E-state index >= 15 is 0 Å². The van der Waals surface area contributed by atoms with Crippen LogP contribution in [0.4, 0.5) is 0 Å². The van der Waals surface area contributed by atoms with Gasteiger partial charge >= 0.3 is 0 Å². The van der Waals surface area contributed by atoms with Gasteiger partial charge in [0.1, 0.15) is 6.42 Å². The molecule has 8 nitrogen and oxygen atoms in total. The Balaban J connectivity index is 1.21. The number of aryl methyl sites for hydroxylation is 1. The van der Waals surface area contributed by atoms with Crippen molar-refractivity contribution in [2.75, 3.05) is 13.1 Å². The van der Waals surface area contributed by atoms with E-state index in [9.17, 15) is 9.59 Å². The van der Waals surface area contributed by atoms with Crippen molar-refractivity contribution < 1.29 is 18.8 Å². The number of nitrogens with zero attached hydrogens (tertiary/aromatic N) is 3. The number of carbonyl (C=O) groups is 2. The Bertz CT molecular complexity index is 792.